The second-order valence-corrected chi connectivity index (χ2v) is 7.30. The first-order valence-corrected chi connectivity index (χ1v) is 9.62. The second-order valence-electron chi connectivity index (χ2n) is 5.92. The van der Waals surface area contributed by atoms with Crippen LogP contribution in [0.15, 0.2) is 36.1 Å². The van der Waals surface area contributed by atoms with Crippen molar-refractivity contribution in [3.05, 3.63) is 41.8 Å². The van der Waals surface area contributed by atoms with Crippen LogP contribution in [0.2, 0.25) is 5.02 Å². The van der Waals surface area contributed by atoms with E-state index in [2.05, 4.69) is 31.6 Å². The summed E-state index contributed by atoms with van der Waals surface area (Å²) in [4.78, 5) is 16.2. The topological polar surface area (TPSA) is 72.7 Å². The van der Waals surface area contributed by atoms with Gasteiger partial charge >= 0.3 is 0 Å². The van der Waals surface area contributed by atoms with Crippen molar-refractivity contribution < 1.29 is 4.79 Å². The smallest absolute Gasteiger partial charge is 0.236 e. The third kappa shape index (κ3) is 4.61. The molecule has 2 heterocycles. The van der Waals surface area contributed by atoms with E-state index in [1.807, 2.05) is 6.08 Å². The summed E-state index contributed by atoms with van der Waals surface area (Å²) in [6, 6.07) is 3.36. The van der Waals surface area contributed by atoms with Crippen molar-refractivity contribution in [3.8, 4) is 0 Å². The van der Waals surface area contributed by atoms with Gasteiger partial charge in [-0.25, -0.2) is 4.98 Å². The molecular formula is C17H20ClN5OS. The van der Waals surface area contributed by atoms with Crippen LogP contribution in [0, 0.1) is 0 Å². The number of aromatic nitrogens is 4. The highest BCUT2D eigenvalue weighted by Crippen LogP contribution is 2.34. The van der Waals surface area contributed by atoms with Gasteiger partial charge in [0, 0.05) is 18.7 Å². The van der Waals surface area contributed by atoms with Crippen molar-refractivity contribution in [2.24, 2.45) is 0 Å². The van der Waals surface area contributed by atoms with Crippen molar-refractivity contribution in [2.45, 2.75) is 43.3 Å². The van der Waals surface area contributed by atoms with Crippen LogP contribution in [-0.4, -0.2) is 31.4 Å². The van der Waals surface area contributed by atoms with E-state index >= 15 is 0 Å². The van der Waals surface area contributed by atoms with Crippen LogP contribution in [0.3, 0.4) is 0 Å². The van der Waals surface area contributed by atoms with Crippen molar-refractivity contribution in [1.29, 1.82) is 0 Å². The van der Waals surface area contributed by atoms with E-state index in [0.717, 1.165) is 23.8 Å². The SMILES string of the molecule is C=CCn1c(SCC(=O)Nc2ccc(Cl)cn2)nnc1C1CCCC1. The molecule has 25 heavy (non-hydrogen) atoms. The van der Waals surface area contributed by atoms with Crippen LogP contribution in [0.4, 0.5) is 5.82 Å². The molecule has 2 aromatic rings. The summed E-state index contributed by atoms with van der Waals surface area (Å²) in [7, 11) is 0. The first-order valence-electron chi connectivity index (χ1n) is 8.25. The van der Waals surface area contributed by atoms with Gasteiger partial charge in [0.1, 0.15) is 11.6 Å². The van der Waals surface area contributed by atoms with Crippen molar-refractivity contribution in [3.63, 3.8) is 0 Å². The summed E-state index contributed by atoms with van der Waals surface area (Å²) >= 11 is 7.16. The van der Waals surface area contributed by atoms with E-state index in [9.17, 15) is 4.79 Å². The normalized spacial score (nSPS) is 14.6. The molecule has 1 N–H and O–H groups in total. The van der Waals surface area contributed by atoms with Gasteiger partial charge in [0.05, 0.1) is 10.8 Å². The average Bonchev–Trinajstić information content (AvgIpc) is 3.25. The molecule has 1 amide bonds. The maximum Gasteiger partial charge on any atom is 0.236 e. The van der Waals surface area contributed by atoms with Gasteiger partial charge in [-0.15, -0.1) is 16.8 Å². The summed E-state index contributed by atoms with van der Waals surface area (Å²) in [5.41, 5.74) is 0. The fourth-order valence-electron chi connectivity index (χ4n) is 2.95. The monoisotopic (exact) mass is 377 g/mol. The molecular weight excluding hydrogens is 358 g/mol. The van der Waals surface area contributed by atoms with Crippen LogP contribution in [0.25, 0.3) is 0 Å². The zero-order valence-electron chi connectivity index (χ0n) is 13.8. The molecule has 0 aromatic carbocycles. The van der Waals surface area contributed by atoms with Crippen LogP contribution >= 0.6 is 23.4 Å². The van der Waals surface area contributed by atoms with Crippen LogP contribution < -0.4 is 5.32 Å². The van der Waals surface area contributed by atoms with Crippen LogP contribution in [0.5, 0.6) is 0 Å². The first-order chi connectivity index (χ1) is 12.2. The molecule has 1 saturated carbocycles. The number of carbonyl (C=O) groups is 1. The maximum atomic E-state index is 12.1. The summed E-state index contributed by atoms with van der Waals surface area (Å²) < 4.78 is 2.07. The van der Waals surface area contributed by atoms with Gasteiger partial charge in [0.25, 0.3) is 0 Å². The molecule has 0 spiro atoms. The molecule has 0 atom stereocenters. The fourth-order valence-corrected chi connectivity index (χ4v) is 3.82. The standard InChI is InChI=1S/C17H20ClN5OS/c1-2-9-23-16(12-5-3-4-6-12)21-22-17(23)25-11-15(24)20-14-8-7-13(18)10-19-14/h2,7-8,10,12H,1,3-6,9,11H2,(H,19,20,24). The number of halogens is 1. The fraction of sp³-hybridized carbons (Fsp3) is 0.412. The Morgan fingerprint density at radius 1 is 1.40 bits per heavy atom. The predicted molar refractivity (Wildman–Crippen MR) is 100 cm³/mol. The number of carbonyl (C=O) groups excluding carboxylic acids is 1. The number of hydrogen-bond donors (Lipinski definition) is 1. The third-order valence-electron chi connectivity index (χ3n) is 4.10. The highest BCUT2D eigenvalue weighted by molar-refractivity contribution is 7.99. The molecule has 1 aliphatic carbocycles. The molecule has 132 valence electrons. The lowest BCUT2D eigenvalue weighted by Crippen LogP contribution is -2.15. The van der Waals surface area contributed by atoms with Gasteiger partial charge in [-0.2, -0.15) is 0 Å². The number of anilines is 1. The van der Waals surface area contributed by atoms with Gasteiger partial charge in [0.15, 0.2) is 5.16 Å². The molecule has 2 aromatic heterocycles. The lowest BCUT2D eigenvalue weighted by atomic mass is 10.1. The first kappa shape index (κ1) is 17.9. The lowest BCUT2D eigenvalue weighted by molar-refractivity contribution is -0.113. The molecule has 0 aliphatic heterocycles. The molecule has 0 bridgehead atoms. The minimum Gasteiger partial charge on any atom is -0.310 e. The second kappa shape index (κ2) is 8.49. The molecule has 0 saturated heterocycles. The number of nitrogens with zero attached hydrogens (tertiary/aromatic N) is 4. The molecule has 8 heteroatoms. The number of amides is 1. The molecule has 0 unspecified atom stereocenters. The Hall–Kier alpha value is -1.86. The Morgan fingerprint density at radius 2 is 2.20 bits per heavy atom. The number of allylic oxidation sites excluding steroid dienone is 1. The van der Waals surface area contributed by atoms with Crippen molar-refractivity contribution >= 4 is 35.1 Å². The molecule has 1 aliphatic rings. The van der Waals surface area contributed by atoms with Gasteiger partial charge < -0.3 is 9.88 Å². The van der Waals surface area contributed by atoms with E-state index in [1.165, 1.54) is 30.8 Å². The Kier molecular flexibility index (Phi) is 6.09. The summed E-state index contributed by atoms with van der Waals surface area (Å²) in [5.74, 6) is 2.06. The van der Waals surface area contributed by atoms with Crippen molar-refractivity contribution in [2.75, 3.05) is 11.1 Å². The van der Waals surface area contributed by atoms with Gasteiger partial charge in [-0.05, 0) is 25.0 Å². The predicted octanol–water partition coefficient (Wildman–Crippen LogP) is 3.90. The summed E-state index contributed by atoms with van der Waals surface area (Å²) in [5, 5.41) is 12.7. The quantitative estimate of drug-likeness (QED) is 0.585. The molecule has 6 nitrogen and oxygen atoms in total. The minimum atomic E-state index is -0.143. The zero-order valence-corrected chi connectivity index (χ0v) is 15.4. The average molecular weight is 378 g/mol. The van der Waals surface area contributed by atoms with Crippen LogP contribution in [0.1, 0.15) is 37.4 Å². The Morgan fingerprint density at radius 3 is 2.88 bits per heavy atom. The lowest BCUT2D eigenvalue weighted by Gasteiger charge is -2.11. The Balaban J connectivity index is 1.62. The Bertz CT molecular complexity index is 740. The van der Waals surface area contributed by atoms with Gasteiger partial charge in [0.2, 0.25) is 5.91 Å². The number of rotatable bonds is 7. The van der Waals surface area contributed by atoms with E-state index in [-0.39, 0.29) is 11.7 Å². The molecule has 0 radical (unpaired) electrons. The zero-order chi connectivity index (χ0) is 17.6. The third-order valence-corrected chi connectivity index (χ3v) is 5.30. The number of thioether (sulfide) groups is 1. The Labute approximate surface area is 156 Å². The maximum absolute atomic E-state index is 12.1. The minimum absolute atomic E-state index is 0.143. The van der Waals surface area contributed by atoms with Crippen LogP contribution in [-0.2, 0) is 11.3 Å². The van der Waals surface area contributed by atoms with E-state index in [4.69, 9.17) is 11.6 Å². The number of nitrogens with one attached hydrogen (secondary N) is 1. The molecule has 1 fully saturated rings. The molecule has 3 rings (SSSR count). The van der Waals surface area contributed by atoms with Gasteiger partial charge in [-0.1, -0.05) is 42.3 Å². The number of hydrogen-bond acceptors (Lipinski definition) is 5. The van der Waals surface area contributed by atoms with Crippen molar-refractivity contribution in [1.82, 2.24) is 19.7 Å². The summed E-state index contributed by atoms with van der Waals surface area (Å²) in [6.07, 6.45) is 8.13. The largest absolute Gasteiger partial charge is 0.310 e. The highest BCUT2D eigenvalue weighted by atomic mass is 35.5. The van der Waals surface area contributed by atoms with E-state index in [0.29, 0.717) is 23.3 Å². The van der Waals surface area contributed by atoms with E-state index in [1.54, 1.807) is 12.1 Å². The van der Waals surface area contributed by atoms with E-state index < -0.39 is 0 Å². The summed E-state index contributed by atoms with van der Waals surface area (Å²) in [6.45, 7) is 4.47. The van der Waals surface area contributed by atoms with Gasteiger partial charge in [-0.3, -0.25) is 4.79 Å². The highest BCUT2D eigenvalue weighted by Gasteiger charge is 2.24. The number of pyridine rings is 1.